The van der Waals surface area contributed by atoms with E-state index in [1.807, 2.05) is 4.90 Å². The second-order valence-electron chi connectivity index (χ2n) is 6.65. The monoisotopic (exact) mass is 373 g/mol. The van der Waals surface area contributed by atoms with Crippen molar-refractivity contribution in [2.24, 2.45) is 5.73 Å². The summed E-state index contributed by atoms with van der Waals surface area (Å²) in [6.07, 6.45) is 1.30. The fourth-order valence-electron chi connectivity index (χ4n) is 3.37. The summed E-state index contributed by atoms with van der Waals surface area (Å²) in [6.45, 7) is 1.14. The summed E-state index contributed by atoms with van der Waals surface area (Å²) >= 11 is 0. The summed E-state index contributed by atoms with van der Waals surface area (Å²) in [5, 5.41) is 2.94. The van der Waals surface area contributed by atoms with Gasteiger partial charge in [0.05, 0.1) is 0 Å². The molecular weight excluding hydrogens is 352 g/mol. The molecule has 0 bridgehead atoms. The molecule has 1 saturated heterocycles. The normalized spacial score (nSPS) is 16.7. The van der Waals surface area contributed by atoms with Crippen LogP contribution < -0.4 is 11.1 Å². The van der Waals surface area contributed by atoms with Crippen LogP contribution in [0.4, 0.5) is 8.78 Å². The summed E-state index contributed by atoms with van der Waals surface area (Å²) in [5.74, 6) is -1.50. The maximum Gasteiger partial charge on any atom is 0.251 e. The highest BCUT2D eigenvalue weighted by Gasteiger charge is 2.30. The molecule has 1 fully saturated rings. The first-order valence-corrected chi connectivity index (χ1v) is 8.79. The highest BCUT2D eigenvalue weighted by Crippen LogP contribution is 2.25. The number of halogens is 2. The molecule has 2 aromatic carbocycles. The fourth-order valence-corrected chi connectivity index (χ4v) is 3.37. The Kier molecular flexibility index (Phi) is 5.81. The molecule has 27 heavy (non-hydrogen) atoms. The van der Waals surface area contributed by atoms with Crippen LogP contribution >= 0.6 is 0 Å². The van der Waals surface area contributed by atoms with Crippen molar-refractivity contribution in [2.45, 2.75) is 24.9 Å². The molecule has 2 aromatic rings. The largest absolute Gasteiger partial charge is 0.368 e. The Morgan fingerprint density at radius 1 is 0.963 bits per heavy atom. The van der Waals surface area contributed by atoms with E-state index in [4.69, 9.17) is 5.73 Å². The maximum absolute atomic E-state index is 13.1. The number of piperidine rings is 1. The molecule has 1 atom stereocenters. The summed E-state index contributed by atoms with van der Waals surface area (Å²) in [6, 6.07) is 10.5. The van der Waals surface area contributed by atoms with Gasteiger partial charge in [0.25, 0.3) is 5.91 Å². The van der Waals surface area contributed by atoms with Crippen LogP contribution in [0, 0.1) is 11.6 Å². The Morgan fingerprint density at radius 2 is 1.48 bits per heavy atom. The lowest BCUT2D eigenvalue weighted by Gasteiger charge is -2.36. The zero-order valence-corrected chi connectivity index (χ0v) is 14.7. The standard InChI is InChI=1S/C20H21F2N3O2/c21-15-5-1-13(2-6-15)18(19(23)26)25-11-9-17(10-12-25)24-20(27)14-3-7-16(22)8-4-14/h1-8,17-18H,9-12H2,(H2,23,26)(H,24,27). The van der Waals surface area contributed by atoms with Crippen molar-refractivity contribution in [1.29, 1.82) is 0 Å². The molecule has 0 spiro atoms. The van der Waals surface area contributed by atoms with E-state index in [2.05, 4.69) is 5.32 Å². The van der Waals surface area contributed by atoms with Gasteiger partial charge < -0.3 is 11.1 Å². The van der Waals surface area contributed by atoms with Crippen LogP contribution in [0.25, 0.3) is 0 Å². The topological polar surface area (TPSA) is 75.4 Å². The van der Waals surface area contributed by atoms with Gasteiger partial charge in [-0.15, -0.1) is 0 Å². The number of rotatable bonds is 5. The number of nitrogens with one attached hydrogen (secondary N) is 1. The lowest BCUT2D eigenvalue weighted by molar-refractivity contribution is -0.124. The van der Waals surface area contributed by atoms with Gasteiger partial charge >= 0.3 is 0 Å². The molecule has 3 rings (SSSR count). The minimum absolute atomic E-state index is 0.0412. The van der Waals surface area contributed by atoms with Crippen molar-refractivity contribution in [3.05, 3.63) is 71.3 Å². The molecule has 0 radical (unpaired) electrons. The number of nitrogens with two attached hydrogens (primary N) is 1. The molecule has 1 unspecified atom stereocenters. The van der Waals surface area contributed by atoms with Crippen LogP contribution in [0.2, 0.25) is 0 Å². The van der Waals surface area contributed by atoms with Gasteiger partial charge in [-0.1, -0.05) is 12.1 Å². The molecule has 1 aliphatic rings. The van der Waals surface area contributed by atoms with Crippen LogP contribution in [0.3, 0.4) is 0 Å². The molecule has 7 heteroatoms. The van der Waals surface area contributed by atoms with Crippen LogP contribution in [0.5, 0.6) is 0 Å². The Labute approximate surface area is 156 Å². The molecular formula is C20H21F2N3O2. The second kappa shape index (κ2) is 8.26. The van der Waals surface area contributed by atoms with E-state index in [-0.39, 0.29) is 17.8 Å². The number of benzene rings is 2. The summed E-state index contributed by atoms with van der Waals surface area (Å²) in [5.41, 5.74) is 6.62. The molecule has 1 aliphatic heterocycles. The van der Waals surface area contributed by atoms with E-state index >= 15 is 0 Å². The third-order valence-electron chi connectivity index (χ3n) is 4.79. The Hall–Kier alpha value is -2.80. The molecule has 1 heterocycles. The maximum atomic E-state index is 13.1. The number of hydrogen-bond donors (Lipinski definition) is 2. The first-order chi connectivity index (χ1) is 12.9. The number of primary amides is 1. The van der Waals surface area contributed by atoms with Gasteiger partial charge in [0.15, 0.2) is 0 Å². The van der Waals surface area contributed by atoms with E-state index < -0.39 is 17.8 Å². The zero-order valence-electron chi connectivity index (χ0n) is 14.7. The lowest BCUT2D eigenvalue weighted by atomic mass is 9.98. The number of carbonyl (C=O) groups is 2. The van der Waals surface area contributed by atoms with E-state index in [0.717, 1.165) is 0 Å². The van der Waals surface area contributed by atoms with Crippen LogP contribution in [-0.4, -0.2) is 35.8 Å². The minimum Gasteiger partial charge on any atom is -0.368 e. The summed E-state index contributed by atoms with van der Waals surface area (Å²) in [7, 11) is 0. The van der Waals surface area contributed by atoms with Crippen LogP contribution in [0.1, 0.15) is 34.8 Å². The van der Waals surface area contributed by atoms with Gasteiger partial charge in [-0.05, 0) is 54.8 Å². The van der Waals surface area contributed by atoms with E-state index in [0.29, 0.717) is 37.1 Å². The first kappa shape index (κ1) is 19.0. The van der Waals surface area contributed by atoms with Gasteiger partial charge in [0, 0.05) is 24.7 Å². The Morgan fingerprint density at radius 3 is 2.00 bits per heavy atom. The molecule has 0 saturated carbocycles. The van der Waals surface area contributed by atoms with Gasteiger partial charge in [-0.3, -0.25) is 14.5 Å². The highest BCUT2D eigenvalue weighted by atomic mass is 19.1. The second-order valence-corrected chi connectivity index (χ2v) is 6.65. The number of nitrogens with zero attached hydrogens (tertiary/aromatic N) is 1. The number of likely N-dealkylation sites (tertiary alicyclic amines) is 1. The fraction of sp³-hybridized carbons (Fsp3) is 0.300. The van der Waals surface area contributed by atoms with Gasteiger partial charge in [-0.2, -0.15) is 0 Å². The van der Waals surface area contributed by atoms with Crippen molar-refractivity contribution in [3.63, 3.8) is 0 Å². The predicted molar refractivity (Wildman–Crippen MR) is 96.8 cm³/mol. The minimum atomic E-state index is -0.626. The van der Waals surface area contributed by atoms with Gasteiger partial charge in [-0.25, -0.2) is 8.78 Å². The van der Waals surface area contributed by atoms with Crippen molar-refractivity contribution >= 4 is 11.8 Å². The van der Waals surface area contributed by atoms with Gasteiger partial charge in [0.2, 0.25) is 5.91 Å². The third kappa shape index (κ3) is 4.68. The quantitative estimate of drug-likeness (QED) is 0.845. The molecule has 3 N–H and O–H groups in total. The average Bonchev–Trinajstić information content (AvgIpc) is 2.65. The molecule has 5 nitrogen and oxygen atoms in total. The van der Waals surface area contributed by atoms with Crippen LogP contribution in [0.15, 0.2) is 48.5 Å². The molecule has 142 valence electrons. The van der Waals surface area contributed by atoms with Crippen molar-refractivity contribution in [3.8, 4) is 0 Å². The van der Waals surface area contributed by atoms with Crippen molar-refractivity contribution in [2.75, 3.05) is 13.1 Å². The molecule has 2 amide bonds. The highest BCUT2D eigenvalue weighted by molar-refractivity contribution is 5.94. The first-order valence-electron chi connectivity index (χ1n) is 8.79. The summed E-state index contributed by atoms with van der Waals surface area (Å²) in [4.78, 5) is 26.1. The van der Waals surface area contributed by atoms with Crippen molar-refractivity contribution in [1.82, 2.24) is 10.2 Å². The average molecular weight is 373 g/mol. The lowest BCUT2D eigenvalue weighted by Crippen LogP contribution is -2.48. The predicted octanol–water partition coefficient (Wildman–Crippen LogP) is 2.39. The number of hydrogen-bond acceptors (Lipinski definition) is 3. The molecule has 0 aromatic heterocycles. The van der Waals surface area contributed by atoms with E-state index in [9.17, 15) is 18.4 Å². The van der Waals surface area contributed by atoms with Crippen LogP contribution in [-0.2, 0) is 4.79 Å². The number of amides is 2. The van der Waals surface area contributed by atoms with E-state index in [1.54, 1.807) is 12.1 Å². The molecule has 0 aliphatic carbocycles. The summed E-state index contributed by atoms with van der Waals surface area (Å²) < 4.78 is 26.1. The Balaban J connectivity index is 1.60. The van der Waals surface area contributed by atoms with Gasteiger partial charge in [0.1, 0.15) is 17.7 Å². The van der Waals surface area contributed by atoms with Crippen molar-refractivity contribution < 1.29 is 18.4 Å². The zero-order chi connectivity index (χ0) is 19.4. The third-order valence-corrected chi connectivity index (χ3v) is 4.79. The Bertz CT molecular complexity index is 801. The van der Waals surface area contributed by atoms with E-state index in [1.165, 1.54) is 36.4 Å². The SMILES string of the molecule is NC(=O)C(c1ccc(F)cc1)N1CCC(NC(=O)c2ccc(F)cc2)CC1. The smallest absolute Gasteiger partial charge is 0.251 e. The number of carbonyl (C=O) groups excluding carboxylic acids is 2.